The Balaban J connectivity index is 2.29. The summed E-state index contributed by atoms with van der Waals surface area (Å²) in [5.41, 5.74) is 5.25. The zero-order valence-corrected chi connectivity index (χ0v) is 6.97. The number of thioether (sulfide) groups is 1. The monoisotopic (exact) mass is 188 g/mol. The maximum absolute atomic E-state index is 10.1. The van der Waals surface area contributed by atoms with Gasteiger partial charge in [0, 0.05) is 5.75 Å². The van der Waals surface area contributed by atoms with Crippen molar-refractivity contribution in [2.75, 3.05) is 11.5 Å². The number of carboxylic acids is 1. The topological polar surface area (TPSA) is 105 Å². The predicted octanol–water partition coefficient (Wildman–Crippen LogP) is -0.0463. The van der Waals surface area contributed by atoms with Gasteiger partial charge >= 0.3 is 5.97 Å². The van der Waals surface area contributed by atoms with Crippen LogP contribution in [0.2, 0.25) is 0 Å². The number of nitrogen functional groups attached to an aromatic ring is 1. The lowest BCUT2D eigenvalue weighted by Gasteiger charge is -1.90. The Bertz CT molecular complexity index is 274. The quantitative estimate of drug-likeness (QED) is 0.572. The fourth-order valence-corrected chi connectivity index (χ4v) is 1.28. The van der Waals surface area contributed by atoms with Gasteiger partial charge in [-0.2, -0.15) is 4.98 Å². The summed E-state index contributed by atoms with van der Waals surface area (Å²) >= 11 is 1.26. The second-order valence-corrected chi connectivity index (χ2v) is 3.06. The van der Waals surface area contributed by atoms with Crippen molar-refractivity contribution in [3.05, 3.63) is 0 Å². The van der Waals surface area contributed by atoms with Crippen LogP contribution in [0.5, 0.6) is 0 Å². The number of aliphatic carboxylic acids is 1. The normalized spacial score (nSPS) is 10.0. The average molecular weight is 188 g/mol. The van der Waals surface area contributed by atoms with E-state index >= 15 is 0 Å². The van der Waals surface area contributed by atoms with E-state index in [1.54, 1.807) is 0 Å². The first-order valence-electron chi connectivity index (χ1n) is 3.21. The molecule has 0 unspecified atom stereocenters. The van der Waals surface area contributed by atoms with E-state index in [0.29, 0.717) is 10.9 Å². The van der Waals surface area contributed by atoms with Crippen LogP contribution >= 0.6 is 11.8 Å². The van der Waals surface area contributed by atoms with Gasteiger partial charge in [0.05, 0.1) is 6.42 Å². The second kappa shape index (κ2) is 3.96. The molecule has 12 heavy (non-hydrogen) atoms. The highest BCUT2D eigenvalue weighted by molar-refractivity contribution is 7.99. The van der Waals surface area contributed by atoms with Gasteiger partial charge in [-0.15, -0.1) is 5.10 Å². The molecule has 0 aliphatic rings. The van der Waals surface area contributed by atoms with Crippen molar-refractivity contribution in [2.24, 2.45) is 0 Å². The summed E-state index contributed by atoms with van der Waals surface area (Å²) in [6, 6.07) is 0. The molecular formula is C5H8N4O2S. The molecule has 0 aliphatic carbocycles. The smallest absolute Gasteiger partial charge is 0.304 e. The maximum atomic E-state index is 10.1. The van der Waals surface area contributed by atoms with E-state index < -0.39 is 5.97 Å². The molecule has 7 heteroatoms. The minimum absolute atomic E-state index is 0.0963. The Hall–Kier alpha value is -1.24. The molecule has 1 heterocycles. The lowest BCUT2D eigenvalue weighted by Crippen LogP contribution is -1.96. The van der Waals surface area contributed by atoms with Crippen LogP contribution in [0, 0.1) is 0 Å². The molecule has 66 valence electrons. The zero-order chi connectivity index (χ0) is 8.97. The van der Waals surface area contributed by atoms with Gasteiger partial charge in [0.2, 0.25) is 11.1 Å². The zero-order valence-electron chi connectivity index (χ0n) is 6.15. The first-order chi connectivity index (χ1) is 5.68. The number of nitrogens with two attached hydrogens (primary N) is 1. The van der Waals surface area contributed by atoms with Gasteiger partial charge in [-0.05, 0) is 0 Å². The van der Waals surface area contributed by atoms with E-state index in [9.17, 15) is 4.79 Å². The van der Waals surface area contributed by atoms with Gasteiger partial charge in [0.1, 0.15) is 0 Å². The molecule has 0 amide bonds. The van der Waals surface area contributed by atoms with Crippen molar-refractivity contribution in [3.63, 3.8) is 0 Å². The summed E-state index contributed by atoms with van der Waals surface area (Å²) in [4.78, 5) is 13.9. The van der Waals surface area contributed by atoms with Crippen LogP contribution < -0.4 is 5.73 Å². The first-order valence-corrected chi connectivity index (χ1v) is 4.19. The van der Waals surface area contributed by atoms with Gasteiger partial charge in [-0.1, -0.05) is 11.8 Å². The fourth-order valence-electron chi connectivity index (χ4n) is 0.552. The van der Waals surface area contributed by atoms with E-state index in [-0.39, 0.29) is 12.4 Å². The number of hydrogen-bond acceptors (Lipinski definition) is 5. The minimum atomic E-state index is -0.828. The molecule has 0 aromatic carbocycles. The highest BCUT2D eigenvalue weighted by Crippen LogP contribution is 2.13. The molecule has 0 fully saturated rings. The van der Waals surface area contributed by atoms with Gasteiger partial charge < -0.3 is 10.8 Å². The Kier molecular flexibility index (Phi) is 2.92. The highest BCUT2D eigenvalue weighted by atomic mass is 32.2. The molecule has 0 saturated carbocycles. The van der Waals surface area contributed by atoms with Crippen molar-refractivity contribution < 1.29 is 9.90 Å². The maximum Gasteiger partial charge on any atom is 0.304 e. The number of rotatable bonds is 4. The number of carboxylic acid groups (broad SMARTS) is 1. The van der Waals surface area contributed by atoms with Crippen LogP contribution in [-0.2, 0) is 4.79 Å². The number of nitrogens with zero attached hydrogens (tertiary/aromatic N) is 2. The SMILES string of the molecule is Nc1nc(SCCC(=O)O)n[nH]1. The van der Waals surface area contributed by atoms with Gasteiger partial charge in [-0.25, -0.2) is 5.10 Å². The van der Waals surface area contributed by atoms with Crippen LogP contribution in [0.25, 0.3) is 0 Å². The molecule has 0 aliphatic heterocycles. The number of hydrogen-bond donors (Lipinski definition) is 3. The van der Waals surface area contributed by atoms with Crippen molar-refractivity contribution in [1.82, 2.24) is 15.2 Å². The summed E-state index contributed by atoms with van der Waals surface area (Å²) in [6.07, 6.45) is 0.0963. The molecule has 6 nitrogen and oxygen atoms in total. The Morgan fingerprint density at radius 2 is 2.50 bits per heavy atom. The van der Waals surface area contributed by atoms with Crippen LogP contribution in [-0.4, -0.2) is 32.0 Å². The Labute approximate surface area is 72.6 Å². The standard InChI is InChI=1S/C5H8N4O2S/c6-4-7-5(9-8-4)12-2-1-3(10)11/h1-2H2,(H,10,11)(H3,6,7,8,9). The molecule has 4 N–H and O–H groups in total. The Morgan fingerprint density at radius 3 is 3.00 bits per heavy atom. The van der Waals surface area contributed by atoms with Crippen LogP contribution in [0.3, 0.4) is 0 Å². The number of aromatic nitrogens is 3. The number of carbonyl (C=O) groups is 1. The Morgan fingerprint density at radius 1 is 1.75 bits per heavy atom. The molecule has 1 aromatic rings. The summed E-state index contributed by atoms with van der Waals surface area (Å²) < 4.78 is 0. The summed E-state index contributed by atoms with van der Waals surface area (Å²) in [6.45, 7) is 0. The molecule has 0 spiro atoms. The molecule has 1 aromatic heterocycles. The third-order valence-electron chi connectivity index (χ3n) is 1.03. The van der Waals surface area contributed by atoms with Gasteiger partial charge in [0.15, 0.2) is 0 Å². The fraction of sp³-hybridized carbons (Fsp3) is 0.400. The summed E-state index contributed by atoms with van der Waals surface area (Å²) in [5.74, 6) is -0.133. The van der Waals surface area contributed by atoms with Crippen molar-refractivity contribution in [3.8, 4) is 0 Å². The first kappa shape index (κ1) is 8.85. The lowest BCUT2D eigenvalue weighted by molar-refractivity contribution is -0.136. The second-order valence-electron chi connectivity index (χ2n) is 2.00. The third-order valence-corrected chi connectivity index (χ3v) is 1.88. The van der Waals surface area contributed by atoms with Gasteiger partial charge in [0.25, 0.3) is 0 Å². The predicted molar refractivity (Wildman–Crippen MR) is 43.8 cm³/mol. The molecule has 0 bridgehead atoms. The van der Waals surface area contributed by atoms with E-state index in [1.807, 2.05) is 0 Å². The summed E-state index contributed by atoms with van der Waals surface area (Å²) in [7, 11) is 0. The number of aromatic amines is 1. The van der Waals surface area contributed by atoms with Gasteiger partial charge in [-0.3, -0.25) is 4.79 Å². The molecular weight excluding hydrogens is 180 g/mol. The average Bonchev–Trinajstić information content (AvgIpc) is 2.35. The van der Waals surface area contributed by atoms with Crippen LogP contribution in [0.4, 0.5) is 5.95 Å². The highest BCUT2D eigenvalue weighted by Gasteiger charge is 2.02. The van der Waals surface area contributed by atoms with Crippen molar-refractivity contribution in [1.29, 1.82) is 0 Å². The largest absolute Gasteiger partial charge is 0.481 e. The molecule has 1 rings (SSSR count). The number of H-pyrrole nitrogens is 1. The third kappa shape index (κ3) is 2.79. The minimum Gasteiger partial charge on any atom is -0.481 e. The molecule has 0 atom stereocenters. The van der Waals surface area contributed by atoms with Crippen LogP contribution in [0.1, 0.15) is 6.42 Å². The van der Waals surface area contributed by atoms with Crippen LogP contribution in [0.15, 0.2) is 5.16 Å². The van der Waals surface area contributed by atoms with E-state index in [2.05, 4.69) is 15.2 Å². The van der Waals surface area contributed by atoms with E-state index in [1.165, 1.54) is 11.8 Å². The lowest BCUT2D eigenvalue weighted by atomic mass is 10.5. The van der Waals surface area contributed by atoms with Crippen molar-refractivity contribution >= 4 is 23.7 Å². The number of anilines is 1. The molecule has 0 saturated heterocycles. The van der Waals surface area contributed by atoms with Crippen molar-refractivity contribution in [2.45, 2.75) is 11.6 Å². The molecule has 0 radical (unpaired) electrons. The van der Waals surface area contributed by atoms with E-state index in [0.717, 1.165) is 0 Å². The summed E-state index contributed by atoms with van der Waals surface area (Å²) in [5, 5.41) is 15.0. The number of nitrogens with one attached hydrogen (secondary N) is 1. The van der Waals surface area contributed by atoms with E-state index in [4.69, 9.17) is 10.8 Å².